The minimum atomic E-state index is -0.921. The molecule has 5 heteroatoms. The number of carbonyl (C=O) groups is 2. The average Bonchev–Trinajstić information content (AvgIpc) is 2.89. The number of benzene rings is 1. The molecule has 0 bridgehead atoms. The van der Waals surface area contributed by atoms with Crippen LogP contribution in [0.25, 0.3) is 10.9 Å². The molecule has 2 heterocycles. The van der Waals surface area contributed by atoms with Gasteiger partial charge in [0.25, 0.3) is 5.91 Å². The molecule has 0 aliphatic carbocycles. The van der Waals surface area contributed by atoms with E-state index in [4.69, 9.17) is 0 Å². The standard InChI is InChI=1S/C16H18N2O3/c1-10-5-6-11-9-13(17-12(11)8-10)15(19)18-7-3-2-4-14(18)16(20)21/h5-6,8-9,14,17H,2-4,7H2,1H3,(H,20,21)/t14-/m0/s1. The van der Waals surface area contributed by atoms with Crippen molar-refractivity contribution in [1.82, 2.24) is 9.88 Å². The van der Waals surface area contributed by atoms with Crippen molar-refractivity contribution in [2.45, 2.75) is 32.2 Å². The number of aromatic amines is 1. The van der Waals surface area contributed by atoms with Crippen molar-refractivity contribution in [2.75, 3.05) is 6.54 Å². The smallest absolute Gasteiger partial charge is 0.326 e. The van der Waals surface area contributed by atoms with E-state index in [1.165, 1.54) is 4.90 Å². The number of amides is 1. The Morgan fingerprint density at radius 1 is 1.29 bits per heavy atom. The summed E-state index contributed by atoms with van der Waals surface area (Å²) in [6, 6.07) is 7.02. The minimum Gasteiger partial charge on any atom is -0.480 e. The van der Waals surface area contributed by atoms with E-state index in [0.29, 0.717) is 18.7 Å². The number of rotatable bonds is 2. The van der Waals surface area contributed by atoms with Gasteiger partial charge in [0.05, 0.1) is 0 Å². The Bertz CT molecular complexity index is 705. The van der Waals surface area contributed by atoms with Gasteiger partial charge in [0.2, 0.25) is 0 Å². The fourth-order valence-corrected chi connectivity index (χ4v) is 2.94. The molecule has 0 radical (unpaired) electrons. The van der Waals surface area contributed by atoms with Crippen molar-refractivity contribution in [3.8, 4) is 0 Å². The lowest BCUT2D eigenvalue weighted by molar-refractivity contribution is -0.143. The number of aliphatic carboxylic acids is 1. The summed E-state index contributed by atoms with van der Waals surface area (Å²) in [5, 5.41) is 10.2. The van der Waals surface area contributed by atoms with Crippen molar-refractivity contribution >= 4 is 22.8 Å². The van der Waals surface area contributed by atoms with Crippen LogP contribution in [0.15, 0.2) is 24.3 Å². The molecule has 0 unspecified atom stereocenters. The lowest BCUT2D eigenvalue weighted by Crippen LogP contribution is -2.48. The van der Waals surface area contributed by atoms with Crippen LogP contribution < -0.4 is 0 Å². The van der Waals surface area contributed by atoms with Crippen LogP contribution in [0.5, 0.6) is 0 Å². The van der Waals surface area contributed by atoms with Gasteiger partial charge >= 0.3 is 5.97 Å². The van der Waals surface area contributed by atoms with Crippen LogP contribution in [0.3, 0.4) is 0 Å². The molecule has 1 saturated heterocycles. The van der Waals surface area contributed by atoms with E-state index < -0.39 is 12.0 Å². The van der Waals surface area contributed by atoms with Crippen molar-refractivity contribution in [1.29, 1.82) is 0 Å². The van der Waals surface area contributed by atoms with E-state index in [1.807, 2.05) is 25.1 Å². The second kappa shape index (κ2) is 5.24. The number of piperidine rings is 1. The minimum absolute atomic E-state index is 0.226. The second-order valence-electron chi connectivity index (χ2n) is 5.62. The number of nitrogens with one attached hydrogen (secondary N) is 1. The molecule has 21 heavy (non-hydrogen) atoms. The first-order valence-corrected chi connectivity index (χ1v) is 7.19. The summed E-state index contributed by atoms with van der Waals surface area (Å²) in [4.78, 5) is 28.5. The number of hydrogen-bond acceptors (Lipinski definition) is 2. The maximum atomic E-state index is 12.6. The molecule has 1 amide bonds. The molecule has 1 fully saturated rings. The van der Waals surface area contributed by atoms with Gasteiger partial charge in [-0.05, 0) is 43.9 Å². The topological polar surface area (TPSA) is 73.4 Å². The molecular formula is C16H18N2O3. The van der Waals surface area contributed by atoms with Gasteiger partial charge in [0, 0.05) is 17.4 Å². The van der Waals surface area contributed by atoms with Gasteiger partial charge in [-0.15, -0.1) is 0 Å². The summed E-state index contributed by atoms with van der Waals surface area (Å²) >= 11 is 0. The highest BCUT2D eigenvalue weighted by atomic mass is 16.4. The number of aryl methyl sites for hydroxylation is 1. The summed E-state index contributed by atoms with van der Waals surface area (Å²) in [6.07, 6.45) is 2.24. The van der Waals surface area contributed by atoms with Crippen LogP contribution in [0.1, 0.15) is 35.3 Å². The van der Waals surface area contributed by atoms with Crippen molar-refractivity contribution in [2.24, 2.45) is 0 Å². The van der Waals surface area contributed by atoms with Crippen LogP contribution in [-0.4, -0.2) is 39.5 Å². The van der Waals surface area contributed by atoms with Crippen LogP contribution in [0.2, 0.25) is 0 Å². The number of likely N-dealkylation sites (tertiary alicyclic amines) is 1. The largest absolute Gasteiger partial charge is 0.480 e. The number of nitrogens with zero attached hydrogens (tertiary/aromatic N) is 1. The first kappa shape index (κ1) is 13.7. The quantitative estimate of drug-likeness (QED) is 0.891. The number of aromatic nitrogens is 1. The van der Waals surface area contributed by atoms with E-state index >= 15 is 0 Å². The Hall–Kier alpha value is -2.30. The fourth-order valence-electron chi connectivity index (χ4n) is 2.94. The zero-order chi connectivity index (χ0) is 15.0. The first-order chi connectivity index (χ1) is 10.1. The third kappa shape index (κ3) is 2.51. The molecule has 1 aromatic heterocycles. The maximum Gasteiger partial charge on any atom is 0.326 e. The molecule has 1 aliphatic rings. The van der Waals surface area contributed by atoms with E-state index in [9.17, 15) is 14.7 Å². The molecule has 110 valence electrons. The van der Waals surface area contributed by atoms with Gasteiger partial charge in [-0.1, -0.05) is 12.1 Å². The summed E-state index contributed by atoms with van der Waals surface area (Å²) in [7, 11) is 0. The van der Waals surface area contributed by atoms with Crippen molar-refractivity contribution in [3.05, 3.63) is 35.5 Å². The van der Waals surface area contributed by atoms with Gasteiger partial charge in [0.15, 0.2) is 0 Å². The molecule has 0 saturated carbocycles. The van der Waals surface area contributed by atoms with Crippen molar-refractivity contribution in [3.63, 3.8) is 0 Å². The Kier molecular flexibility index (Phi) is 3.41. The number of carboxylic acid groups (broad SMARTS) is 1. The van der Waals surface area contributed by atoms with Gasteiger partial charge in [0.1, 0.15) is 11.7 Å². The van der Waals surface area contributed by atoms with Crippen molar-refractivity contribution < 1.29 is 14.7 Å². The lowest BCUT2D eigenvalue weighted by Gasteiger charge is -2.32. The molecule has 2 aromatic rings. The molecule has 2 N–H and O–H groups in total. The van der Waals surface area contributed by atoms with Gasteiger partial charge in [-0.3, -0.25) is 4.79 Å². The van der Waals surface area contributed by atoms with Crippen LogP contribution in [0.4, 0.5) is 0 Å². The number of fused-ring (bicyclic) bond motifs is 1. The first-order valence-electron chi connectivity index (χ1n) is 7.19. The van der Waals surface area contributed by atoms with Crippen LogP contribution >= 0.6 is 0 Å². The van der Waals surface area contributed by atoms with E-state index in [-0.39, 0.29) is 5.91 Å². The third-order valence-corrected chi connectivity index (χ3v) is 4.06. The van der Waals surface area contributed by atoms with E-state index in [1.54, 1.807) is 6.07 Å². The van der Waals surface area contributed by atoms with Gasteiger partial charge in [-0.2, -0.15) is 0 Å². The highest BCUT2D eigenvalue weighted by Crippen LogP contribution is 2.22. The Morgan fingerprint density at radius 3 is 2.86 bits per heavy atom. The summed E-state index contributed by atoms with van der Waals surface area (Å²) in [5.74, 6) is -1.15. The zero-order valence-electron chi connectivity index (χ0n) is 11.9. The van der Waals surface area contributed by atoms with Gasteiger partial charge < -0.3 is 15.0 Å². The monoisotopic (exact) mass is 286 g/mol. The molecule has 3 rings (SSSR count). The Labute approximate surface area is 122 Å². The SMILES string of the molecule is Cc1ccc2cc(C(=O)N3CCCC[C@H]3C(=O)O)[nH]c2c1. The predicted octanol–water partition coefficient (Wildman–Crippen LogP) is 2.56. The highest BCUT2D eigenvalue weighted by molar-refractivity contribution is 5.99. The zero-order valence-corrected chi connectivity index (χ0v) is 11.9. The maximum absolute atomic E-state index is 12.6. The number of carboxylic acids is 1. The second-order valence-corrected chi connectivity index (χ2v) is 5.62. The molecule has 1 aliphatic heterocycles. The van der Waals surface area contributed by atoms with E-state index in [0.717, 1.165) is 29.3 Å². The Morgan fingerprint density at radius 2 is 2.10 bits per heavy atom. The lowest BCUT2D eigenvalue weighted by atomic mass is 10.0. The normalized spacial score (nSPS) is 18.9. The molecule has 0 spiro atoms. The van der Waals surface area contributed by atoms with Crippen LogP contribution in [0, 0.1) is 6.92 Å². The molecular weight excluding hydrogens is 268 g/mol. The Balaban J connectivity index is 1.93. The van der Waals surface area contributed by atoms with Crippen LogP contribution in [-0.2, 0) is 4.79 Å². The van der Waals surface area contributed by atoms with Gasteiger partial charge in [-0.25, -0.2) is 4.79 Å². The predicted molar refractivity (Wildman–Crippen MR) is 79.3 cm³/mol. The van der Waals surface area contributed by atoms with E-state index in [2.05, 4.69) is 4.98 Å². The molecule has 5 nitrogen and oxygen atoms in total. The fraction of sp³-hybridized carbons (Fsp3) is 0.375. The summed E-state index contributed by atoms with van der Waals surface area (Å²) < 4.78 is 0. The molecule has 1 aromatic carbocycles. The summed E-state index contributed by atoms with van der Waals surface area (Å²) in [5.41, 5.74) is 2.48. The average molecular weight is 286 g/mol. The third-order valence-electron chi connectivity index (χ3n) is 4.06. The highest BCUT2D eigenvalue weighted by Gasteiger charge is 2.32. The number of carbonyl (C=O) groups excluding carboxylic acids is 1. The summed E-state index contributed by atoms with van der Waals surface area (Å²) in [6.45, 7) is 2.50. The molecule has 1 atom stereocenters. The number of H-pyrrole nitrogens is 1. The number of hydrogen-bond donors (Lipinski definition) is 2.